The van der Waals surface area contributed by atoms with E-state index in [1.165, 1.54) is 6.92 Å². The first-order valence-electron chi connectivity index (χ1n) is 9.83. The second-order valence-electron chi connectivity index (χ2n) is 7.21. The third-order valence-electron chi connectivity index (χ3n) is 5.04. The van der Waals surface area contributed by atoms with Crippen LogP contribution in [0.5, 0.6) is 5.75 Å². The van der Waals surface area contributed by atoms with Crippen molar-refractivity contribution in [2.24, 2.45) is 0 Å². The van der Waals surface area contributed by atoms with E-state index in [1.807, 2.05) is 6.07 Å². The molecule has 5 atom stereocenters. The van der Waals surface area contributed by atoms with Crippen molar-refractivity contribution < 1.29 is 34.4 Å². The van der Waals surface area contributed by atoms with E-state index in [1.54, 1.807) is 49.5 Å². The molecule has 2 amide bonds. The van der Waals surface area contributed by atoms with Crippen molar-refractivity contribution in [3.8, 4) is 16.9 Å². The van der Waals surface area contributed by atoms with Crippen LogP contribution in [0.1, 0.15) is 17.3 Å². The molecule has 0 aromatic heterocycles. The molecule has 0 spiro atoms. The summed E-state index contributed by atoms with van der Waals surface area (Å²) >= 11 is 0. The molecule has 0 radical (unpaired) electrons. The maximum Gasteiger partial charge on any atom is 0.251 e. The summed E-state index contributed by atoms with van der Waals surface area (Å²) in [5, 5.41) is 35.2. The highest BCUT2D eigenvalue weighted by molar-refractivity contribution is 5.95. The van der Waals surface area contributed by atoms with Crippen LogP contribution in [0.4, 0.5) is 0 Å². The normalized spacial score (nSPS) is 25.5. The first-order valence-corrected chi connectivity index (χ1v) is 9.83. The van der Waals surface area contributed by atoms with Gasteiger partial charge in [0.1, 0.15) is 30.1 Å². The number of hydrogen-bond donors (Lipinski definition) is 5. The molecule has 9 nitrogen and oxygen atoms in total. The van der Waals surface area contributed by atoms with Gasteiger partial charge in [0, 0.05) is 25.1 Å². The molecule has 1 saturated heterocycles. The van der Waals surface area contributed by atoms with E-state index in [4.69, 9.17) is 9.47 Å². The van der Waals surface area contributed by atoms with E-state index in [0.29, 0.717) is 22.4 Å². The Morgan fingerprint density at radius 2 is 1.84 bits per heavy atom. The molecule has 31 heavy (non-hydrogen) atoms. The molecule has 166 valence electrons. The molecular weight excluding hydrogens is 404 g/mol. The van der Waals surface area contributed by atoms with Gasteiger partial charge in [0.15, 0.2) is 0 Å². The smallest absolute Gasteiger partial charge is 0.251 e. The zero-order chi connectivity index (χ0) is 22.5. The lowest BCUT2D eigenvalue weighted by molar-refractivity contribution is -0.244. The number of amides is 2. The molecular formula is C22H26N2O7. The van der Waals surface area contributed by atoms with Gasteiger partial charge in [-0.15, -0.1) is 0 Å². The Morgan fingerprint density at radius 3 is 2.52 bits per heavy atom. The number of rotatable bonds is 6. The topological polar surface area (TPSA) is 137 Å². The lowest BCUT2D eigenvalue weighted by atomic mass is 9.96. The number of ether oxygens (including phenoxy) is 2. The minimum Gasteiger partial charge on any atom is -0.462 e. The van der Waals surface area contributed by atoms with E-state index in [0.717, 1.165) is 0 Å². The van der Waals surface area contributed by atoms with Gasteiger partial charge in [0.2, 0.25) is 12.2 Å². The maximum absolute atomic E-state index is 12.0. The fraction of sp³-hybridized carbons (Fsp3) is 0.364. The van der Waals surface area contributed by atoms with Crippen molar-refractivity contribution in [1.82, 2.24) is 10.6 Å². The van der Waals surface area contributed by atoms with Gasteiger partial charge in [-0.25, -0.2) is 0 Å². The van der Waals surface area contributed by atoms with Crippen molar-refractivity contribution in [1.29, 1.82) is 0 Å². The molecule has 1 aliphatic rings. The van der Waals surface area contributed by atoms with E-state index in [-0.39, 0.29) is 5.91 Å². The standard InChI is InChI=1S/C22H26N2O7/c1-12(26)24-18-20(28)19(27)17(11-25)31-22(18)30-16-9-4-3-8-15(16)13-6-5-7-14(10-13)21(29)23-2/h3-10,17-20,22,25,27-28H,11H2,1-2H3,(H,23,29)(H,24,26). The van der Waals surface area contributed by atoms with Gasteiger partial charge < -0.3 is 35.4 Å². The van der Waals surface area contributed by atoms with Crippen molar-refractivity contribution >= 4 is 11.8 Å². The van der Waals surface area contributed by atoms with Crippen molar-refractivity contribution in [3.05, 3.63) is 54.1 Å². The lowest BCUT2D eigenvalue weighted by Crippen LogP contribution is -2.65. The Labute approximate surface area is 179 Å². The van der Waals surface area contributed by atoms with Crippen molar-refractivity contribution in [2.45, 2.75) is 37.6 Å². The molecule has 0 bridgehead atoms. The largest absolute Gasteiger partial charge is 0.462 e. The third-order valence-corrected chi connectivity index (χ3v) is 5.04. The Kier molecular flexibility index (Phi) is 7.24. The van der Waals surface area contributed by atoms with Gasteiger partial charge >= 0.3 is 0 Å². The third kappa shape index (κ3) is 5.02. The number of aliphatic hydroxyl groups excluding tert-OH is 3. The van der Waals surface area contributed by atoms with Gasteiger partial charge in [0.25, 0.3) is 5.91 Å². The van der Waals surface area contributed by atoms with Crippen LogP contribution in [-0.2, 0) is 9.53 Å². The van der Waals surface area contributed by atoms with Gasteiger partial charge in [-0.2, -0.15) is 0 Å². The van der Waals surface area contributed by atoms with E-state index >= 15 is 0 Å². The number of benzene rings is 2. The zero-order valence-electron chi connectivity index (χ0n) is 17.2. The molecule has 2 aromatic rings. The van der Waals surface area contributed by atoms with E-state index < -0.39 is 43.2 Å². The molecule has 3 rings (SSSR count). The van der Waals surface area contributed by atoms with Crippen LogP contribution in [0.15, 0.2) is 48.5 Å². The van der Waals surface area contributed by atoms with Gasteiger partial charge in [-0.1, -0.05) is 30.3 Å². The molecule has 0 saturated carbocycles. The Balaban J connectivity index is 1.95. The average molecular weight is 430 g/mol. The predicted molar refractivity (Wildman–Crippen MR) is 111 cm³/mol. The summed E-state index contributed by atoms with van der Waals surface area (Å²) in [6.45, 7) is 0.729. The van der Waals surface area contributed by atoms with Crippen LogP contribution in [0, 0.1) is 0 Å². The van der Waals surface area contributed by atoms with Crippen LogP contribution >= 0.6 is 0 Å². The summed E-state index contributed by atoms with van der Waals surface area (Å²) in [6, 6.07) is 12.9. The SMILES string of the molecule is CNC(=O)c1cccc(-c2ccccc2OC2OC(CO)C(O)C(O)C2NC(C)=O)c1. The quantitative estimate of drug-likeness (QED) is 0.436. The van der Waals surface area contributed by atoms with Gasteiger partial charge in [-0.3, -0.25) is 9.59 Å². The fourth-order valence-electron chi connectivity index (χ4n) is 3.48. The summed E-state index contributed by atoms with van der Waals surface area (Å²) in [5.41, 5.74) is 1.83. The fourth-order valence-corrected chi connectivity index (χ4v) is 3.48. The average Bonchev–Trinajstić information content (AvgIpc) is 2.78. The number of para-hydroxylation sites is 1. The lowest BCUT2D eigenvalue weighted by Gasteiger charge is -2.42. The maximum atomic E-state index is 12.0. The van der Waals surface area contributed by atoms with Crippen LogP contribution in [0.25, 0.3) is 11.1 Å². The summed E-state index contributed by atoms with van der Waals surface area (Å²) in [5.74, 6) is -0.302. The molecule has 9 heteroatoms. The van der Waals surface area contributed by atoms with Crippen molar-refractivity contribution in [3.63, 3.8) is 0 Å². The molecule has 5 unspecified atom stereocenters. The van der Waals surface area contributed by atoms with Crippen LogP contribution in [-0.4, -0.2) is 71.4 Å². The minimum absolute atomic E-state index is 0.232. The Hall–Kier alpha value is -2.98. The summed E-state index contributed by atoms with van der Waals surface area (Å²) < 4.78 is 11.7. The van der Waals surface area contributed by atoms with E-state index in [2.05, 4.69) is 10.6 Å². The number of aliphatic hydroxyl groups is 3. The second kappa shape index (κ2) is 9.88. The highest BCUT2D eigenvalue weighted by Crippen LogP contribution is 2.33. The summed E-state index contributed by atoms with van der Waals surface area (Å²) in [6.07, 6.45) is -5.08. The monoisotopic (exact) mass is 430 g/mol. The first kappa shape index (κ1) is 22.7. The zero-order valence-corrected chi connectivity index (χ0v) is 17.2. The molecule has 5 N–H and O–H groups in total. The van der Waals surface area contributed by atoms with Gasteiger partial charge in [-0.05, 0) is 23.8 Å². The molecule has 0 aliphatic carbocycles. The molecule has 1 heterocycles. The summed E-state index contributed by atoms with van der Waals surface area (Å²) in [7, 11) is 1.55. The predicted octanol–water partition coefficient (Wildman–Crippen LogP) is 0.0357. The Bertz CT molecular complexity index is 936. The molecule has 1 aliphatic heterocycles. The van der Waals surface area contributed by atoms with E-state index in [9.17, 15) is 24.9 Å². The number of carbonyl (C=O) groups excluding carboxylic acids is 2. The minimum atomic E-state index is -1.41. The number of carbonyl (C=O) groups is 2. The number of nitrogens with one attached hydrogen (secondary N) is 2. The van der Waals surface area contributed by atoms with Gasteiger partial charge in [0.05, 0.1) is 6.61 Å². The van der Waals surface area contributed by atoms with Crippen LogP contribution in [0.2, 0.25) is 0 Å². The Morgan fingerprint density at radius 1 is 1.10 bits per heavy atom. The summed E-state index contributed by atoms with van der Waals surface area (Å²) in [4.78, 5) is 23.6. The van der Waals surface area contributed by atoms with Crippen LogP contribution in [0.3, 0.4) is 0 Å². The van der Waals surface area contributed by atoms with Crippen LogP contribution < -0.4 is 15.4 Å². The second-order valence-corrected chi connectivity index (χ2v) is 7.21. The molecule has 2 aromatic carbocycles. The first-order chi connectivity index (χ1) is 14.8. The van der Waals surface area contributed by atoms with Crippen molar-refractivity contribution in [2.75, 3.05) is 13.7 Å². The number of hydrogen-bond acceptors (Lipinski definition) is 7. The molecule has 1 fully saturated rings. The highest BCUT2D eigenvalue weighted by Gasteiger charge is 2.46. The highest BCUT2D eigenvalue weighted by atomic mass is 16.7.